The van der Waals surface area contributed by atoms with Crippen molar-refractivity contribution in [2.45, 2.75) is 43.1 Å². The van der Waals surface area contributed by atoms with Gasteiger partial charge in [0.25, 0.3) is 0 Å². The Labute approximate surface area is 202 Å². The van der Waals surface area contributed by atoms with E-state index in [1.165, 1.54) is 16.7 Å². The lowest BCUT2D eigenvalue weighted by Crippen LogP contribution is -2.54. The molecule has 176 valence electrons. The summed E-state index contributed by atoms with van der Waals surface area (Å²) in [5, 5.41) is 11.8. The maximum absolute atomic E-state index is 13.2. The molecular formula is C26H26N2O5S. The van der Waals surface area contributed by atoms with Crippen LogP contribution in [0, 0.1) is 12.3 Å². The van der Waals surface area contributed by atoms with Crippen molar-refractivity contribution in [3.8, 4) is 23.5 Å². The molecule has 34 heavy (non-hydrogen) atoms. The zero-order valence-electron chi connectivity index (χ0n) is 18.8. The lowest BCUT2D eigenvalue weighted by Gasteiger charge is -2.30. The molecule has 2 amide bonds. The monoisotopic (exact) mass is 478 g/mol. The van der Waals surface area contributed by atoms with Crippen molar-refractivity contribution in [3.05, 3.63) is 59.7 Å². The predicted molar refractivity (Wildman–Crippen MR) is 130 cm³/mol. The van der Waals surface area contributed by atoms with Gasteiger partial charge in [-0.05, 0) is 28.7 Å². The van der Waals surface area contributed by atoms with Crippen molar-refractivity contribution in [1.82, 2.24) is 10.2 Å². The first-order chi connectivity index (χ1) is 16.5. The van der Waals surface area contributed by atoms with Crippen LogP contribution in [0.1, 0.15) is 36.8 Å². The number of carboxylic acid groups (broad SMARTS) is 1. The fourth-order valence-electron chi connectivity index (χ4n) is 4.64. The van der Waals surface area contributed by atoms with Crippen molar-refractivity contribution in [2.24, 2.45) is 0 Å². The number of aliphatic carboxylic acids is 1. The first-order valence-corrected chi connectivity index (χ1v) is 12.2. The summed E-state index contributed by atoms with van der Waals surface area (Å²) in [4.78, 5) is 38.9. The van der Waals surface area contributed by atoms with E-state index in [9.17, 15) is 19.5 Å². The van der Waals surface area contributed by atoms with Crippen molar-refractivity contribution in [2.75, 3.05) is 12.4 Å². The Morgan fingerprint density at radius 3 is 2.35 bits per heavy atom. The van der Waals surface area contributed by atoms with E-state index >= 15 is 0 Å². The number of alkyl carbamates (subject to hydrolysis) is 1. The standard InChI is InChI=1S/C26H26N2O5S/c1-3-9-21(24(29)28-22(25(30)31)15-34-23(28)4-2)27-26(32)33-14-20-18-12-7-5-10-16(18)17-11-6-8-13-19(17)20/h1,5-8,10-13,20-23H,4,9,14-15H2,2H3,(H,27,32)(H,30,31). The summed E-state index contributed by atoms with van der Waals surface area (Å²) in [6.07, 6.45) is 5.22. The minimum absolute atomic E-state index is 0.0625. The van der Waals surface area contributed by atoms with Crippen LogP contribution in [0.25, 0.3) is 11.1 Å². The molecule has 3 atom stereocenters. The van der Waals surface area contributed by atoms with E-state index in [1.807, 2.05) is 55.5 Å². The number of rotatable bonds is 7. The number of benzene rings is 2. The van der Waals surface area contributed by atoms with Gasteiger partial charge in [-0.3, -0.25) is 4.79 Å². The molecular weight excluding hydrogens is 452 g/mol. The van der Waals surface area contributed by atoms with Crippen molar-refractivity contribution < 1.29 is 24.2 Å². The van der Waals surface area contributed by atoms with E-state index in [1.54, 1.807) is 0 Å². The molecule has 0 aromatic heterocycles. The number of terminal acetylenes is 1. The summed E-state index contributed by atoms with van der Waals surface area (Å²) >= 11 is 1.41. The van der Waals surface area contributed by atoms with E-state index in [0.29, 0.717) is 12.2 Å². The molecule has 2 N–H and O–H groups in total. The number of fused-ring (bicyclic) bond motifs is 3. The highest BCUT2D eigenvalue weighted by molar-refractivity contribution is 8.00. The minimum atomic E-state index is -1.07. The number of carboxylic acids is 1. The van der Waals surface area contributed by atoms with Gasteiger partial charge in [0.1, 0.15) is 18.7 Å². The zero-order valence-corrected chi connectivity index (χ0v) is 19.6. The van der Waals surface area contributed by atoms with Crippen molar-refractivity contribution in [3.63, 3.8) is 0 Å². The molecule has 8 heteroatoms. The van der Waals surface area contributed by atoms with E-state index in [0.717, 1.165) is 22.3 Å². The van der Waals surface area contributed by atoms with Crippen LogP contribution < -0.4 is 5.32 Å². The molecule has 2 aliphatic rings. The maximum Gasteiger partial charge on any atom is 0.407 e. The Kier molecular flexibility index (Phi) is 7.13. The molecule has 1 aliphatic carbocycles. The molecule has 0 spiro atoms. The number of carbonyl (C=O) groups excluding carboxylic acids is 2. The molecule has 1 aliphatic heterocycles. The summed E-state index contributed by atoms with van der Waals surface area (Å²) in [6, 6.07) is 14.0. The largest absolute Gasteiger partial charge is 0.480 e. The molecule has 4 rings (SSSR count). The van der Waals surface area contributed by atoms with Gasteiger partial charge in [0.2, 0.25) is 5.91 Å². The van der Waals surface area contributed by atoms with Crippen LogP contribution in [-0.4, -0.2) is 57.8 Å². The Morgan fingerprint density at radius 1 is 1.18 bits per heavy atom. The Balaban J connectivity index is 1.46. The lowest BCUT2D eigenvalue weighted by molar-refractivity contribution is -0.149. The predicted octanol–water partition coefficient (Wildman–Crippen LogP) is 3.68. The highest BCUT2D eigenvalue weighted by Gasteiger charge is 2.43. The summed E-state index contributed by atoms with van der Waals surface area (Å²) in [7, 11) is 0. The van der Waals surface area contributed by atoms with Gasteiger partial charge in [-0.2, -0.15) is 0 Å². The van der Waals surface area contributed by atoms with Gasteiger partial charge in [0.15, 0.2) is 0 Å². The van der Waals surface area contributed by atoms with Gasteiger partial charge in [0.05, 0.1) is 5.37 Å². The molecule has 0 saturated carbocycles. The smallest absolute Gasteiger partial charge is 0.407 e. The number of amides is 2. The third-order valence-corrected chi connectivity index (χ3v) is 7.69. The minimum Gasteiger partial charge on any atom is -0.480 e. The summed E-state index contributed by atoms with van der Waals surface area (Å²) < 4.78 is 5.55. The fourth-order valence-corrected chi connectivity index (χ4v) is 6.00. The highest BCUT2D eigenvalue weighted by Crippen LogP contribution is 2.44. The first-order valence-electron chi connectivity index (χ1n) is 11.2. The van der Waals surface area contributed by atoms with Gasteiger partial charge < -0.3 is 20.1 Å². The molecule has 0 bridgehead atoms. The van der Waals surface area contributed by atoms with Gasteiger partial charge in [-0.1, -0.05) is 55.5 Å². The normalized spacial score (nSPS) is 19.6. The Morgan fingerprint density at radius 2 is 1.79 bits per heavy atom. The number of nitrogens with one attached hydrogen (secondary N) is 1. The second-order valence-electron chi connectivity index (χ2n) is 8.23. The van der Waals surface area contributed by atoms with E-state index in [2.05, 4.69) is 11.2 Å². The SMILES string of the molecule is C#CCC(NC(=O)OCC1c2ccccc2-c2ccccc21)C(=O)N1C(CC)SCC1C(=O)O. The van der Waals surface area contributed by atoms with Gasteiger partial charge >= 0.3 is 12.1 Å². The second kappa shape index (κ2) is 10.2. The average Bonchev–Trinajstić information content (AvgIpc) is 3.41. The summed E-state index contributed by atoms with van der Waals surface area (Å²) in [5.41, 5.74) is 4.39. The summed E-state index contributed by atoms with van der Waals surface area (Å²) in [6.45, 7) is 1.99. The van der Waals surface area contributed by atoms with Crippen molar-refractivity contribution in [1.29, 1.82) is 0 Å². The van der Waals surface area contributed by atoms with E-state index in [4.69, 9.17) is 11.2 Å². The quantitative estimate of drug-likeness (QED) is 0.590. The van der Waals surface area contributed by atoms with Crippen LogP contribution in [0.3, 0.4) is 0 Å². The molecule has 1 fully saturated rings. The van der Waals surface area contributed by atoms with Crippen molar-refractivity contribution >= 4 is 29.7 Å². The first kappa shape index (κ1) is 23.7. The molecule has 7 nitrogen and oxygen atoms in total. The number of carbonyl (C=O) groups is 3. The average molecular weight is 479 g/mol. The maximum atomic E-state index is 13.2. The number of hydrogen-bond acceptors (Lipinski definition) is 5. The fraction of sp³-hybridized carbons (Fsp3) is 0.346. The third-order valence-electron chi connectivity index (χ3n) is 6.24. The highest BCUT2D eigenvalue weighted by atomic mass is 32.2. The van der Waals surface area contributed by atoms with Crippen LogP contribution in [0.4, 0.5) is 4.79 Å². The summed E-state index contributed by atoms with van der Waals surface area (Å²) in [5.74, 6) is 1.01. The number of hydrogen-bond donors (Lipinski definition) is 2. The topological polar surface area (TPSA) is 95.9 Å². The third kappa shape index (κ3) is 4.48. The van der Waals surface area contributed by atoms with Crippen LogP contribution in [0.15, 0.2) is 48.5 Å². The molecule has 0 radical (unpaired) electrons. The van der Waals surface area contributed by atoms with Gasteiger partial charge in [-0.25, -0.2) is 9.59 Å². The van der Waals surface area contributed by atoms with Crippen LogP contribution in [0.5, 0.6) is 0 Å². The second-order valence-corrected chi connectivity index (χ2v) is 9.44. The molecule has 3 unspecified atom stereocenters. The van der Waals surface area contributed by atoms with E-state index in [-0.39, 0.29) is 24.3 Å². The Bertz CT molecular complexity index is 1100. The number of nitrogens with zero attached hydrogens (tertiary/aromatic N) is 1. The number of ether oxygens (including phenoxy) is 1. The molecule has 1 saturated heterocycles. The van der Waals surface area contributed by atoms with Crippen LogP contribution in [-0.2, 0) is 14.3 Å². The van der Waals surface area contributed by atoms with Gasteiger partial charge in [0, 0.05) is 18.1 Å². The molecule has 2 aromatic rings. The van der Waals surface area contributed by atoms with Crippen LogP contribution in [0.2, 0.25) is 0 Å². The molecule has 2 aromatic carbocycles. The van der Waals surface area contributed by atoms with Gasteiger partial charge in [-0.15, -0.1) is 24.1 Å². The zero-order chi connectivity index (χ0) is 24.2. The van der Waals surface area contributed by atoms with E-state index < -0.39 is 30.1 Å². The number of thioether (sulfide) groups is 1. The lowest BCUT2D eigenvalue weighted by atomic mass is 9.98. The Hall–Kier alpha value is -3.44. The molecule has 1 heterocycles. The van der Waals surface area contributed by atoms with Crippen LogP contribution >= 0.6 is 11.8 Å².